The number of halogens is 1. The Balaban J connectivity index is 1.76. The summed E-state index contributed by atoms with van der Waals surface area (Å²) in [7, 11) is 0. The monoisotopic (exact) mass is 478 g/mol. The van der Waals surface area contributed by atoms with E-state index in [-0.39, 0.29) is 63.4 Å². The van der Waals surface area contributed by atoms with Gasteiger partial charge in [-0.25, -0.2) is 4.39 Å². The first-order valence-electron chi connectivity index (χ1n) is 13.2. The van der Waals surface area contributed by atoms with E-state index in [4.69, 9.17) is 9.47 Å². The lowest BCUT2D eigenvalue weighted by Gasteiger charge is -2.70. The molecule has 0 heterocycles. The van der Waals surface area contributed by atoms with Crippen LogP contribution in [-0.2, 0) is 23.9 Å². The lowest BCUT2D eigenvalue weighted by atomic mass is 9.35. The van der Waals surface area contributed by atoms with Gasteiger partial charge in [-0.15, -0.1) is 0 Å². The van der Waals surface area contributed by atoms with E-state index in [1.165, 1.54) is 13.8 Å². The van der Waals surface area contributed by atoms with E-state index in [0.29, 0.717) is 24.7 Å². The summed E-state index contributed by atoms with van der Waals surface area (Å²) in [6, 6.07) is 0. The number of ketones is 1. The van der Waals surface area contributed by atoms with E-state index >= 15 is 0 Å². The third-order valence-electron chi connectivity index (χ3n) is 11.5. The molecule has 0 amide bonds. The van der Waals surface area contributed by atoms with Crippen LogP contribution in [0.4, 0.5) is 4.39 Å². The van der Waals surface area contributed by atoms with Gasteiger partial charge in [0.2, 0.25) is 0 Å². The molecule has 0 bridgehead atoms. The lowest BCUT2D eigenvalue weighted by Crippen LogP contribution is -2.66. The van der Waals surface area contributed by atoms with Gasteiger partial charge in [-0.05, 0) is 73.0 Å². The van der Waals surface area contributed by atoms with Gasteiger partial charge in [-0.3, -0.25) is 14.4 Å². The Bertz CT molecular complexity index is 869. The number of alkyl halides is 1. The zero-order valence-corrected chi connectivity index (χ0v) is 22.0. The number of ether oxygens (including phenoxy) is 2. The molecule has 0 aliphatic heterocycles. The van der Waals surface area contributed by atoms with E-state index in [0.717, 1.165) is 32.1 Å². The predicted octanol–water partition coefficient (Wildman–Crippen LogP) is 5.68. The number of carbonyl (C=O) groups is 3. The number of hydrogen-bond donors (Lipinski definition) is 0. The van der Waals surface area contributed by atoms with E-state index < -0.39 is 6.67 Å². The Morgan fingerprint density at radius 2 is 1.44 bits per heavy atom. The van der Waals surface area contributed by atoms with Crippen LogP contribution in [0.5, 0.6) is 0 Å². The fourth-order valence-corrected chi connectivity index (χ4v) is 9.91. The molecule has 4 fully saturated rings. The van der Waals surface area contributed by atoms with Crippen molar-refractivity contribution in [3.05, 3.63) is 0 Å². The predicted molar refractivity (Wildman–Crippen MR) is 126 cm³/mol. The Morgan fingerprint density at radius 1 is 0.824 bits per heavy atom. The highest BCUT2D eigenvalue weighted by Gasteiger charge is 2.71. The first kappa shape index (κ1) is 25.6. The average molecular weight is 479 g/mol. The maximum Gasteiger partial charge on any atom is 0.302 e. The molecule has 5 nitrogen and oxygen atoms in total. The molecule has 34 heavy (non-hydrogen) atoms. The fraction of sp³-hybridized carbons (Fsp3) is 0.893. The molecule has 4 saturated carbocycles. The molecule has 0 aromatic heterocycles. The number of fused-ring (bicyclic) bond motifs is 5. The van der Waals surface area contributed by atoms with Crippen molar-refractivity contribution in [2.24, 2.45) is 45.3 Å². The van der Waals surface area contributed by atoms with Crippen LogP contribution in [0.2, 0.25) is 0 Å². The van der Waals surface area contributed by atoms with Gasteiger partial charge < -0.3 is 9.47 Å². The highest BCUT2D eigenvalue weighted by molar-refractivity contribution is 5.83. The second-order valence-electron chi connectivity index (χ2n) is 13.1. The Kier molecular flexibility index (Phi) is 6.25. The number of esters is 2. The van der Waals surface area contributed by atoms with Crippen molar-refractivity contribution in [3.63, 3.8) is 0 Å². The van der Waals surface area contributed by atoms with Crippen LogP contribution in [0, 0.1) is 45.3 Å². The molecule has 0 unspecified atom stereocenters. The molecular weight excluding hydrogens is 435 g/mol. The van der Waals surface area contributed by atoms with Gasteiger partial charge in [0.1, 0.15) is 18.9 Å². The van der Waals surface area contributed by atoms with Gasteiger partial charge in [0, 0.05) is 31.1 Å². The smallest absolute Gasteiger partial charge is 0.302 e. The third kappa shape index (κ3) is 3.48. The zero-order chi connectivity index (χ0) is 25.3. The molecule has 0 aromatic rings. The first-order chi connectivity index (χ1) is 15.7. The van der Waals surface area contributed by atoms with Crippen LogP contribution in [0.25, 0.3) is 0 Å². The average Bonchev–Trinajstić information content (AvgIpc) is 3.10. The molecule has 0 aromatic carbocycles. The molecule has 4 rings (SSSR count). The molecule has 0 radical (unpaired) electrons. The summed E-state index contributed by atoms with van der Waals surface area (Å²) in [6.45, 7) is 13.5. The van der Waals surface area contributed by atoms with Gasteiger partial charge in [-0.1, -0.05) is 34.6 Å². The Morgan fingerprint density at radius 3 is 2.03 bits per heavy atom. The van der Waals surface area contributed by atoms with Gasteiger partial charge >= 0.3 is 11.9 Å². The minimum absolute atomic E-state index is 0.00170. The first-order valence-corrected chi connectivity index (χ1v) is 13.2. The van der Waals surface area contributed by atoms with Crippen LogP contribution in [0.3, 0.4) is 0 Å². The van der Waals surface area contributed by atoms with Gasteiger partial charge in [0.15, 0.2) is 5.78 Å². The van der Waals surface area contributed by atoms with Crippen molar-refractivity contribution in [3.8, 4) is 0 Å². The van der Waals surface area contributed by atoms with Crippen molar-refractivity contribution in [2.45, 2.75) is 106 Å². The van der Waals surface area contributed by atoms with Crippen molar-refractivity contribution >= 4 is 17.7 Å². The van der Waals surface area contributed by atoms with Crippen LogP contribution >= 0.6 is 0 Å². The summed E-state index contributed by atoms with van der Waals surface area (Å²) in [5.74, 6) is -0.716. The van der Waals surface area contributed by atoms with Crippen molar-refractivity contribution < 1.29 is 28.2 Å². The minimum Gasteiger partial charge on any atom is -0.462 e. The van der Waals surface area contributed by atoms with Gasteiger partial charge in [0.25, 0.3) is 0 Å². The van der Waals surface area contributed by atoms with Crippen LogP contribution in [0.1, 0.15) is 93.4 Å². The molecule has 6 heteroatoms. The molecule has 4 aliphatic carbocycles. The van der Waals surface area contributed by atoms with Crippen molar-refractivity contribution in [2.75, 3.05) is 6.67 Å². The summed E-state index contributed by atoms with van der Waals surface area (Å²) < 4.78 is 25.3. The molecular formula is C28H43FO5. The summed E-state index contributed by atoms with van der Waals surface area (Å²) in [4.78, 5) is 36.6. The van der Waals surface area contributed by atoms with E-state index in [1.54, 1.807) is 0 Å². The maximum atomic E-state index is 13.5. The van der Waals surface area contributed by atoms with Crippen LogP contribution < -0.4 is 0 Å². The molecule has 192 valence electrons. The van der Waals surface area contributed by atoms with Gasteiger partial charge in [-0.2, -0.15) is 0 Å². The maximum absolute atomic E-state index is 13.5. The topological polar surface area (TPSA) is 69.7 Å². The van der Waals surface area contributed by atoms with Gasteiger partial charge in [0.05, 0.1) is 0 Å². The Labute approximate surface area is 203 Å². The standard InChI is InChI=1S/C28H43FO5/c1-16(30)33-20-14-22-26(5)11-10-23(34-17(2)31)25(3,4)21(26)9-13-27(22,6)28(7)12-8-18(24(20)28)19(32)15-29/h18,20-24H,8-15H2,1-7H3/t18-,20-,21+,22-,23+,24+,26+,27-,28-/m1/s1. The number of hydrogen-bond acceptors (Lipinski definition) is 5. The second kappa shape index (κ2) is 8.30. The zero-order valence-electron chi connectivity index (χ0n) is 22.0. The summed E-state index contributed by atoms with van der Waals surface area (Å²) in [5, 5.41) is 0. The summed E-state index contributed by atoms with van der Waals surface area (Å²) in [6.07, 6.45) is 5.63. The molecule has 0 N–H and O–H groups in total. The summed E-state index contributed by atoms with van der Waals surface area (Å²) in [5.41, 5.74) is -0.384. The highest BCUT2D eigenvalue weighted by Crippen LogP contribution is 2.75. The molecule has 0 saturated heterocycles. The number of carbonyl (C=O) groups excluding carboxylic acids is 3. The van der Waals surface area contributed by atoms with Crippen LogP contribution in [-0.4, -0.2) is 36.6 Å². The summed E-state index contributed by atoms with van der Waals surface area (Å²) >= 11 is 0. The van der Waals surface area contributed by atoms with E-state index in [2.05, 4.69) is 34.6 Å². The van der Waals surface area contributed by atoms with E-state index in [1.807, 2.05) is 0 Å². The second-order valence-corrected chi connectivity index (χ2v) is 13.1. The van der Waals surface area contributed by atoms with E-state index in [9.17, 15) is 18.8 Å². The number of rotatable bonds is 4. The SMILES string of the molecule is CC(=O)O[C@H]1CC[C@]2(C)[C@H]3C[C@@H](OC(C)=O)[C@@H]4[C@@H](C(=O)CF)CC[C@@]4(C)[C@]3(C)CC[C@H]2C1(C)C. The highest BCUT2D eigenvalue weighted by atomic mass is 19.1. The normalized spacial score (nSPS) is 47.1. The van der Waals surface area contributed by atoms with Crippen LogP contribution in [0.15, 0.2) is 0 Å². The quantitative estimate of drug-likeness (QED) is 0.486. The molecule has 9 atom stereocenters. The Hall–Kier alpha value is -1.46. The largest absolute Gasteiger partial charge is 0.462 e. The molecule has 4 aliphatic rings. The lowest BCUT2D eigenvalue weighted by molar-refractivity contribution is -0.247. The fourth-order valence-electron chi connectivity index (χ4n) is 9.91. The molecule has 0 spiro atoms. The van der Waals surface area contributed by atoms with Crippen molar-refractivity contribution in [1.82, 2.24) is 0 Å². The third-order valence-corrected chi connectivity index (χ3v) is 11.5. The number of Topliss-reactive ketones (excluding diaryl/α,β-unsaturated/α-hetero) is 1. The van der Waals surface area contributed by atoms with Crippen molar-refractivity contribution in [1.29, 1.82) is 0 Å². The minimum atomic E-state index is -0.949.